The van der Waals surface area contributed by atoms with E-state index in [0.717, 1.165) is 15.7 Å². The highest BCUT2D eigenvalue weighted by Crippen LogP contribution is 2.27. The first-order valence-corrected chi connectivity index (χ1v) is 10.0. The molecule has 1 aromatic heterocycles. The van der Waals surface area contributed by atoms with Crippen LogP contribution in [0.5, 0.6) is 5.75 Å². The summed E-state index contributed by atoms with van der Waals surface area (Å²) in [5.74, 6) is 0.598. The Morgan fingerprint density at radius 2 is 1.75 bits per heavy atom. The number of hydrogen-bond donors (Lipinski definition) is 1. The Hall–Kier alpha value is -1.90. The molecule has 1 N–H and O–H groups in total. The Morgan fingerprint density at radius 1 is 1.08 bits per heavy atom. The van der Waals surface area contributed by atoms with Crippen molar-refractivity contribution < 1.29 is 13.2 Å². The molecule has 3 aromatic rings. The standard InChI is InChI=1S/C16H13BrN2O3S2/c1-22-13-6-8-14(9-7-13)24(20,21)19-16-18-15(10-23-16)11-2-4-12(17)5-3-11/h2-10H,1H3,(H,18,19). The fourth-order valence-corrected chi connectivity index (χ4v) is 4.24. The van der Waals surface area contributed by atoms with E-state index in [1.54, 1.807) is 12.1 Å². The summed E-state index contributed by atoms with van der Waals surface area (Å²) in [6.45, 7) is 0. The van der Waals surface area contributed by atoms with Crippen molar-refractivity contribution in [1.82, 2.24) is 4.98 Å². The number of methoxy groups -OCH3 is 1. The largest absolute Gasteiger partial charge is 0.497 e. The maximum absolute atomic E-state index is 12.4. The number of rotatable bonds is 5. The molecule has 5 nitrogen and oxygen atoms in total. The molecule has 2 aromatic carbocycles. The molecule has 0 spiro atoms. The van der Waals surface area contributed by atoms with E-state index in [0.29, 0.717) is 10.9 Å². The van der Waals surface area contributed by atoms with Crippen LogP contribution in [-0.2, 0) is 10.0 Å². The third-order valence-electron chi connectivity index (χ3n) is 3.24. The number of ether oxygens (including phenoxy) is 1. The lowest BCUT2D eigenvalue weighted by atomic mass is 10.2. The molecule has 0 unspecified atom stereocenters. The topological polar surface area (TPSA) is 68.3 Å². The van der Waals surface area contributed by atoms with Crippen LogP contribution in [-0.4, -0.2) is 20.5 Å². The van der Waals surface area contributed by atoms with Crippen molar-refractivity contribution in [2.75, 3.05) is 11.8 Å². The van der Waals surface area contributed by atoms with Gasteiger partial charge in [-0.1, -0.05) is 28.1 Å². The van der Waals surface area contributed by atoms with Gasteiger partial charge in [-0.05, 0) is 36.4 Å². The summed E-state index contributed by atoms with van der Waals surface area (Å²) in [6, 6.07) is 13.8. The molecule has 0 saturated carbocycles. The second-order valence-corrected chi connectivity index (χ2v) is 8.28. The van der Waals surface area contributed by atoms with Crippen LogP contribution >= 0.6 is 27.3 Å². The van der Waals surface area contributed by atoms with Gasteiger partial charge in [-0.2, -0.15) is 0 Å². The first-order chi connectivity index (χ1) is 11.5. The van der Waals surface area contributed by atoms with Gasteiger partial charge in [0, 0.05) is 15.4 Å². The summed E-state index contributed by atoms with van der Waals surface area (Å²) in [6.07, 6.45) is 0. The van der Waals surface area contributed by atoms with Gasteiger partial charge in [0.15, 0.2) is 5.13 Å². The second-order valence-electron chi connectivity index (χ2n) is 4.83. The summed E-state index contributed by atoms with van der Waals surface area (Å²) in [7, 11) is -2.15. The molecule has 0 amide bonds. The van der Waals surface area contributed by atoms with Gasteiger partial charge in [-0.3, -0.25) is 4.72 Å². The van der Waals surface area contributed by atoms with E-state index >= 15 is 0 Å². The van der Waals surface area contributed by atoms with Crippen molar-refractivity contribution in [3.05, 3.63) is 58.4 Å². The fourth-order valence-electron chi connectivity index (χ4n) is 2.00. The lowest BCUT2D eigenvalue weighted by molar-refractivity contribution is 0.414. The van der Waals surface area contributed by atoms with Crippen molar-refractivity contribution in [1.29, 1.82) is 0 Å². The molecule has 124 valence electrons. The van der Waals surface area contributed by atoms with E-state index in [2.05, 4.69) is 25.6 Å². The van der Waals surface area contributed by atoms with E-state index in [9.17, 15) is 8.42 Å². The van der Waals surface area contributed by atoms with Gasteiger partial charge < -0.3 is 4.74 Å². The van der Waals surface area contributed by atoms with E-state index in [4.69, 9.17) is 4.74 Å². The number of aromatic nitrogens is 1. The zero-order valence-corrected chi connectivity index (χ0v) is 15.8. The highest BCUT2D eigenvalue weighted by molar-refractivity contribution is 9.10. The molecule has 24 heavy (non-hydrogen) atoms. The Labute approximate surface area is 152 Å². The van der Waals surface area contributed by atoms with Crippen LogP contribution in [0.3, 0.4) is 0 Å². The molecule has 0 bridgehead atoms. The molecule has 0 radical (unpaired) electrons. The monoisotopic (exact) mass is 424 g/mol. The Morgan fingerprint density at radius 3 is 2.38 bits per heavy atom. The lowest BCUT2D eigenvalue weighted by Gasteiger charge is -2.06. The molecular formula is C16H13BrN2O3S2. The van der Waals surface area contributed by atoms with Gasteiger partial charge >= 0.3 is 0 Å². The van der Waals surface area contributed by atoms with Crippen molar-refractivity contribution in [2.45, 2.75) is 4.90 Å². The minimum Gasteiger partial charge on any atom is -0.497 e. The van der Waals surface area contributed by atoms with Crippen LogP contribution < -0.4 is 9.46 Å². The summed E-state index contributed by atoms with van der Waals surface area (Å²) in [4.78, 5) is 4.50. The lowest BCUT2D eigenvalue weighted by Crippen LogP contribution is -2.12. The third-order valence-corrected chi connectivity index (χ3v) is 6.01. The highest BCUT2D eigenvalue weighted by Gasteiger charge is 2.16. The summed E-state index contributed by atoms with van der Waals surface area (Å²) >= 11 is 4.62. The Balaban J connectivity index is 1.81. The van der Waals surface area contributed by atoms with Gasteiger partial charge in [0.1, 0.15) is 5.75 Å². The van der Waals surface area contributed by atoms with E-state index in [-0.39, 0.29) is 4.90 Å². The van der Waals surface area contributed by atoms with Crippen molar-refractivity contribution in [3.63, 3.8) is 0 Å². The zero-order valence-electron chi connectivity index (χ0n) is 12.6. The zero-order chi connectivity index (χ0) is 17.2. The van der Waals surface area contributed by atoms with Crippen LogP contribution in [0.15, 0.2) is 63.3 Å². The predicted octanol–water partition coefficient (Wildman–Crippen LogP) is 4.38. The molecule has 1 heterocycles. The van der Waals surface area contributed by atoms with Crippen molar-refractivity contribution >= 4 is 42.4 Å². The van der Waals surface area contributed by atoms with Crippen LogP contribution in [0.2, 0.25) is 0 Å². The molecule has 3 rings (SSSR count). The van der Waals surface area contributed by atoms with Crippen LogP contribution in [0.1, 0.15) is 0 Å². The summed E-state index contributed by atoms with van der Waals surface area (Å²) in [5, 5.41) is 2.14. The minimum absolute atomic E-state index is 0.156. The van der Waals surface area contributed by atoms with Crippen LogP contribution in [0, 0.1) is 0 Å². The average Bonchev–Trinajstić information content (AvgIpc) is 3.03. The van der Waals surface area contributed by atoms with Gasteiger partial charge in [0.05, 0.1) is 17.7 Å². The van der Waals surface area contributed by atoms with Gasteiger partial charge in [0.25, 0.3) is 10.0 Å². The normalized spacial score (nSPS) is 11.2. The third kappa shape index (κ3) is 3.77. The molecule has 0 fully saturated rings. The number of halogens is 1. The number of thiazole rings is 1. The maximum Gasteiger partial charge on any atom is 0.263 e. The maximum atomic E-state index is 12.4. The number of nitrogens with one attached hydrogen (secondary N) is 1. The van der Waals surface area contributed by atoms with Gasteiger partial charge in [0.2, 0.25) is 0 Å². The average molecular weight is 425 g/mol. The van der Waals surface area contributed by atoms with Crippen molar-refractivity contribution in [3.8, 4) is 17.0 Å². The summed E-state index contributed by atoms with van der Waals surface area (Å²) in [5.41, 5.74) is 1.64. The minimum atomic E-state index is -3.68. The van der Waals surface area contributed by atoms with Gasteiger partial charge in [-0.15, -0.1) is 11.3 Å². The SMILES string of the molecule is COc1ccc(S(=O)(=O)Nc2nc(-c3ccc(Br)cc3)cs2)cc1. The molecule has 0 aliphatic carbocycles. The van der Waals surface area contributed by atoms with E-state index in [1.165, 1.54) is 30.6 Å². The van der Waals surface area contributed by atoms with E-state index in [1.807, 2.05) is 29.6 Å². The Bertz CT molecular complexity index is 936. The molecular weight excluding hydrogens is 412 g/mol. The molecule has 0 aliphatic rings. The first kappa shape index (κ1) is 16.9. The number of nitrogens with zero attached hydrogens (tertiary/aromatic N) is 1. The molecule has 0 saturated heterocycles. The highest BCUT2D eigenvalue weighted by atomic mass is 79.9. The smallest absolute Gasteiger partial charge is 0.263 e. The molecule has 0 atom stereocenters. The number of anilines is 1. The number of hydrogen-bond acceptors (Lipinski definition) is 5. The van der Waals surface area contributed by atoms with Gasteiger partial charge in [-0.25, -0.2) is 13.4 Å². The second kappa shape index (κ2) is 6.92. The van der Waals surface area contributed by atoms with Crippen LogP contribution in [0.4, 0.5) is 5.13 Å². The number of sulfonamides is 1. The van der Waals surface area contributed by atoms with Crippen molar-refractivity contribution in [2.24, 2.45) is 0 Å². The van der Waals surface area contributed by atoms with Crippen LogP contribution in [0.25, 0.3) is 11.3 Å². The molecule has 0 aliphatic heterocycles. The Kier molecular flexibility index (Phi) is 4.88. The number of benzene rings is 2. The van der Waals surface area contributed by atoms with E-state index < -0.39 is 10.0 Å². The predicted molar refractivity (Wildman–Crippen MR) is 99.1 cm³/mol. The summed E-state index contributed by atoms with van der Waals surface area (Å²) < 4.78 is 33.3. The molecule has 8 heteroatoms. The quantitative estimate of drug-likeness (QED) is 0.659. The first-order valence-electron chi connectivity index (χ1n) is 6.86. The fraction of sp³-hybridized carbons (Fsp3) is 0.0625.